The van der Waals surface area contributed by atoms with Crippen molar-refractivity contribution in [2.45, 2.75) is 25.0 Å². The van der Waals surface area contributed by atoms with Gasteiger partial charge in [-0.2, -0.15) is 0 Å². The van der Waals surface area contributed by atoms with Crippen LogP contribution in [0.3, 0.4) is 0 Å². The molecule has 2 fully saturated rings. The van der Waals surface area contributed by atoms with Gasteiger partial charge < -0.3 is 14.6 Å². The van der Waals surface area contributed by atoms with Crippen molar-refractivity contribution >= 4 is 5.91 Å². The lowest BCUT2D eigenvalue weighted by Gasteiger charge is -2.52. The second-order valence-electron chi connectivity index (χ2n) is 7.58. The van der Waals surface area contributed by atoms with E-state index in [4.69, 9.17) is 4.74 Å². The summed E-state index contributed by atoms with van der Waals surface area (Å²) in [6, 6.07) is 9.77. The standard InChI is InChI=1S/C20H26N4O2/c1-23-10-4-6-18(23)19(25)22-11-16-7-8-20(26-13-16)14-24(15-20)12-17-5-2-3-9-21-17/h2-6,9-10,16H,7-8,11-15H2,1H3,(H,22,25). The Morgan fingerprint density at radius 2 is 2.23 bits per heavy atom. The molecule has 1 spiro atoms. The van der Waals surface area contributed by atoms with E-state index in [0.717, 1.165) is 44.8 Å². The zero-order chi connectivity index (χ0) is 18.0. The molecule has 0 aromatic carbocycles. The minimum Gasteiger partial charge on any atom is -0.372 e. The molecule has 138 valence electrons. The Labute approximate surface area is 154 Å². The first-order chi connectivity index (χ1) is 12.6. The van der Waals surface area contributed by atoms with Gasteiger partial charge in [-0.05, 0) is 43.0 Å². The van der Waals surface area contributed by atoms with Gasteiger partial charge in [0.05, 0.1) is 17.9 Å². The summed E-state index contributed by atoms with van der Waals surface area (Å²) in [5.74, 6) is 0.387. The summed E-state index contributed by atoms with van der Waals surface area (Å²) in [5, 5.41) is 3.04. The smallest absolute Gasteiger partial charge is 0.267 e. The second-order valence-corrected chi connectivity index (χ2v) is 7.58. The highest BCUT2D eigenvalue weighted by molar-refractivity contribution is 5.92. The van der Waals surface area contributed by atoms with E-state index in [2.05, 4.69) is 21.3 Å². The number of nitrogens with one attached hydrogen (secondary N) is 1. The predicted molar refractivity (Wildman–Crippen MR) is 98.7 cm³/mol. The molecule has 2 aliphatic heterocycles. The lowest BCUT2D eigenvalue weighted by Crippen LogP contribution is -2.64. The third kappa shape index (κ3) is 3.66. The molecular formula is C20H26N4O2. The molecule has 0 radical (unpaired) electrons. The molecule has 26 heavy (non-hydrogen) atoms. The van der Waals surface area contributed by atoms with Crippen LogP contribution in [0.5, 0.6) is 0 Å². The minimum absolute atomic E-state index is 0.0111. The molecule has 2 saturated heterocycles. The monoisotopic (exact) mass is 354 g/mol. The van der Waals surface area contributed by atoms with Gasteiger partial charge >= 0.3 is 0 Å². The van der Waals surface area contributed by atoms with E-state index in [-0.39, 0.29) is 11.5 Å². The highest BCUT2D eigenvalue weighted by Gasteiger charge is 2.46. The SMILES string of the molecule is Cn1cccc1C(=O)NCC1CCC2(CN(Cc3ccccn3)C2)OC1. The van der Waals surface area contributed by atoms with Crippen LogP contribution in [0.1, 0.15) is 29.0 Å². The fourth-order valence-electron chi connectivity index (χ4n) is 3.95. The van der Waals surface area contributed by atoms with E-state index in [1.807, 2.05) is 48.3 Å². The van der Waals surface area contributed by atoms with Crippen molar-refractivity contribution in [1.29, 1.82) is 0 Å². The Morgan fingerprint density at radius 1 is 1.35 bits per heavy atom. The molecule has 2 aliphatic rings. The van der Waals surface area contributed by atoms with Crippen LogP contribution in [0.15, 0.2) is 42.7 Å². The summed E-state index contributed by atoms with van der Waals surface area (Å²) in [4.78, 5) is 19.0. The predicted octanol–water partition coefficient (Wildman–Crippen LogP) is 1.83. The van der Waals surface area contributed by atoms with Crippen LogP contribution in [0.2, 0.25) is 0 Å². The Hall–Kier alpha value is -2.18. The van der Waals surface area contributed by atoms with Gasteiger partial charge in [0.2, 0.25) is 0 Å². The van der Waals surface area contributed by atoms with Crippen LogP contribution >= 0.6 is 0 Å². The zero-order valence-corrected chi connectivity index (χ0v) is 15.2. The molecule has 0 bridgehead atoms. The van der Waals surface area contributed by atoms with Crippen molar-refractivity contribution < 1.29 is 9.53 Å². The largest absolute Gasteiger partial charge is 0.372 e. The van der Waals surface area contributed by atoms with Crippen LogP contribution in [0.4, 0.5) is 0 Å². The quantitative estimate of drug-likeness (QED) is 0.890. The number of ether oxygens (including phenoxy) is 1. The Kier molecular flexibility index (Phi) is 4.78. The number of likely N-dealkylation sites (tertiary alicyclic amines) is 1. The van der Waals surface area contributed by atoms with Gasteiger partial charge in [0, 0.05) is 45.6 Å². The molecule has 1 N–H and O–H groups in total. The van der Waals surface area contributed by atoms with Crippen molar-refractivity contribution in [2.75, 3.05) is 26.2 Å². The van der Waals surface area contributed by atoms with E-state index in [0.29, 0.717) is 18.2 Å². The lowest BCUT2D eigenvalue weighted by molar-refractivity contribution is -0.181. The van der Waals surface area contributed by atoms with Crippen molar-refractivity contribution in [2.24, 2.45) is 13.0 Å². The number of amides is 1. The number of nitrogens with zero attached hydrogens (tertiary/aromatic N) is 3. The third-order valence-corrected chi connectivity index (χ3v) is 5.50. The van der Waals surface area contributed by atoms with Gasteiger partial charge in [-0.1, -0.05) is 6.07 Å². The van der Waals surface area contributed by atoms with Crippen molar-refractivity contribution in [1.82, 2.24) is 19.8 Å². The molecule has 2 aromatic heterocycles. The fourth-order valence-corrected chi connectivity index (χ4v) is 3.95. The molecular weight excluding hydrogens is 328 g/mol. The molecule has 1 amide bonds. The average molecular weight is 354 g/mol. The van der Waals surface area contributed by atoms with E-state index in [9.17, 15) is 4.79 Å². The fraction of sp³-hybridized carbons (Fsp3) is 0.500. The summed E-state index contributed by atoms with van der Waals surface area (Å²) in [5.41, 5.74) is 1.83. The summed E-state index contributed by atoms with van der Waals surface area (Å²) >= 11 is 0. The molecule has 0 saturated carbocycles. The zero-order valence-electron chi connectivity index (χ0n) is 15.2. The van der Waals surface area contributed by atoms with Gasteiger partial charge in [-0.15, -0.1) is 0 Å². The summed E-state index contributed by atoms with van der Waals surface area (Å²) in [6.07, 6.45) is 5.90. The van der Waals surface area contributed by atoms with E-state index >= 15 is 0 Å². The normalized spacial score (nSPS) is 22.1. The topological polar surface area (TPSA) is 59.4 Å². The maximum atomic E-state index is 12.2. The molecule has 2 aromatic rings. The van der Waals surface area contributed by atoms with Gasteiger partial charge in [0.1, 0.15) is 5.69 Å². The average Bonchev–Trinajstić information content (AvgIpc) is 3.06. The number of carbonyl (C=O) groups is 1. The Bertz CT molecular complexity index is 742. The van der Waals surface area contributed by atoms with Crippen molar-refractivity contribution in [3.8, 4) is 0 Å². The Morgan fingerprint density at radius 3 is 2.88 bits per heavy atom. The summed E-state index contributed by atoms with van der Waals surface area (Å²) in [7, 11) is 1.88. The number of hydrogen-bond donors (Lipinski definition) is 1. The number of hydrogen-bond acceptors (Lipinski definition) is 4. The number of carbonyl (C=O) groups excluding carboxylic acids is 1. The minimum atomic E-state index is -0.0111. The van der Waals surface area contributed by atoms with Crippen LogP contribution in [0.25, 0.3) is 0 Å². The first-order valence-corrected chi connectivity index (χ1v) is 9.29. The van der Waals surface area contributed by atoms with Crippen molar-refractivity contribution in [3.63, 3.8) is 0 Å². The molecule has 1 unspecified atom stereocenters. The van der Waals surface area contributed by atoms with Gasteiger partial charge in [-0.25, -0.2) is 0 Å². The molecule has 6 nitrogen and oxygen atoms in total. The van der Waals surface area contributed by atoms with E-state index in [1.165, 1.54) is 0 Å². The molecule has 0 aliphatic carbocycles. The van der Waals surface area contributed by atoms with E-state index < -0.39 is 0 Å². The van der Waals surface area contributed by atoms with Crippen LogP contribution in [-0.2, 0) is 18.3 Å². The first-order valence-electron chi connectivity index (χ1n) is 9.29. The first kappa shape index (κ1) is 17.2. The molecule has 4 rings (SSSR count). The van der Waals surface area contributed by atoms with E-state index in [1.54, 1.807) is 0 Å². The van der Waals surface area contributed by atoms with Crippen LogP contribution in [-0.4, -0.2) is 52.2 Å². The lowest BCUT2D eigenvalue weighted by atomic mass is 9.83. The number of pyridine rings is 1. The van der Waals surface area contributed by atoms with Gasteiger partial charge in [0.25, 0.3) is 5.91 Å². The Balaban J connectivity index is 1.19. The number of aryl methyl sites for hydroxylation is 1. The second kappa shape index (κ2) is 7.21. The molecule has 1 atom stereocenters. The maximum absolute atomic E-state index is 12.2. The molecule has 4 heterocycles. The maximum Gasteiger partial charge on any atom is 0.267 e. The van der Waals surface area contributed by atoms with Crippen LogP contribution < -0.4 is 5.32 Å². The summed E-state index contributed by atoms with van der Waals surface area (Å²) < 4.78 is 8.05. The third-order valence-electron chi connectivity index (χ3n) is 5.50. The highest BCUT2D eigenvalue weighted by Crippen LogP contribution is 2.36. The number of aromatic nitrogens is 2. The number of rotatable bonds is 5. The van der Waals surface area contributed by atoms with Crippen LogP contribution in [0, 0.1) is 5.92 Å². The summed E-state index contributed by atoms with van der Waals surface area (Å²) in [6.45, 7) is 4.25. The van der Waals surface area contributed by atoms with Gasteiger partial charge in [0.15, 0.2) is 0 Å². The molecule has 6 heteroatoms. The van der Waals surface area contributed by atoms with Gasteiger partial charge in [-0.3, -0.25) is 14.7 Å². The highest BCUT2D eigenvalue weighted by atomic mass is 16.5. The van der Waals surface area contributed by atoms with Crippen molar-refractivity contribution in [3.05, 3.63) is 54.1 Å².